The zero-order valence-corrected chi connectivity index (χ0v) is 14.6. The Balaban J connectivity index is 2.34. The Bertz CT molecular complexity index is 633. The van der Waals surface area contributed by atoms with Crippen LogP contribution in [0.2, 0.25) is 0 Å². The molecule has 2 N–H and O–H groups in total. The van der Waals surface area contributed by atoms with Gasteiger partial charge in [-0.25, -0.2) is 4.79 Å². The van der Waals surface area contributed by atoms with Crippen molar-refractivity contribution in [3.8, 4) is 5.75 Å². The Morgan fingerprint density at radius 2 is 2.17 bits per heavy atom. The number of urea groups is 1. The zero-order chi connectivity index (χ0) is 17.0. The van der Waals surface area contributed by atoms with E-state index in [2.05, 4.69) is 33.1 Å². The minimum Gasteiger partial charge on any atom is -0.496 e. The van der Waals surface area contributed by atoms with Crippen molar-refractivity contribution in [3.63, 3.8) is 0 Å². The van der Waals surface area contributed by atoms with Gasteiger partial charge in [0.15, 0.2) is 0 Å². The van der Waals surface area contributed by atoms with E-state index in [0.29, 0.717) is 18.1 Å². The number of ether oxygens (including phenoxy) is 2. The van der Waals surface area contributed by atoms with E-state index < -0.39 is 24.0 Å². The molecule has 124 valence electrons. The number of methoxy groups -OCH3 is 1. The fourth-order valence-corrected chi connectivity index (χ4v) is 2.97. The first-order chi connectivity index (χ1) is 11.0. The molecule has 1 fully saturated rings. The second-order valence-electron chi connectivity index (χ2n) is 5.14. The number of hydrogen-bond acceptors (Lipinski definition) is 4. The van der Waals surface area contributed by atoms with E-state index in [1.807, 2.05) is 13.0 Å². The van der Waals surface area contributed by atoms with Crippen molar-refractivity contribution in [2.75, 3.05) is 13.7 Å². The second-order valence-corrected chi connectivity index (χ2v) is 5.99. The summed E-state index contributed by atoms with van der Waals surface area (Å²) in [5, 5.41) is 5.30. The molecule has 1 heterocycles. The topological polar surface area (TPSA) is 76.7 Å². The Morgan fingerprint density at radius 1 is 1.43 bits per heavy atom. The molecule has 23 heavy (non-hydrogen) atoms. The molecule has 0 spiro atoms. The number of benzene rings is 1. The highest BCUT2D eigenvalue weighted by Crippen LogP contribution is 2.34. The lowest BCUT2D eigenvalue weighted by atomic mass is 9.89. The summed E-state index contributed by atoms with van der Waals surface area (Å²) in [6.07, 6.45) is 0.726. The number of carbonyl (C=O) groups excluding carboxylic acids is 2. The molecule has 1 aromatic carbocycles. The Kier molecular flexibility index (Phi) is 5.65. The highest BCUT2D eigenvalue weighted by atomic mass is 79.9. The van der Waals surface area contributed by atoms with Crippen LogP contribution in [0.15, 0.2) is 34.9 Å². The Hall–Kier alpha value is -2.02. The minimum absolute atomic E-state index is 0.326. The van der Waals surface area contributed by atoms with Gasteiger partial charge in [0.25, 0.3) is 0 Å². The normalized spacial score (nSPS) is 20.5. The van der Waals surface area contributed by atoms with Crippen LogP contribution in [0.5, 0.6) is 5.75 Å². The molecule has 2 rings (SSSR count). The monoisotopic (exact) mass is 382 g/mol. The fourth-order valence-electron chi connectivity index (χ4n) is 2.41. The number of amides is 2. The lowest BCUT2D eigenvalue weighted by Gasteiger charge is -2.33. The summed E-state index contributed by atoms with van der Waals surface area (Å²) in [5.41, 5.74) is 1.08. The van der Waals surface area contributed by atoms with Gasteiger partial charge in [-0.2, -0.15) is 0 Å². The summed E-state index contributed by atoms with van der Waals surface area (Å²) < 4.78 is 11.2. The van der Waals surface area contributed by atoms with Gasteiger partial charge in [-0.1, -0.05) is 19.6 Å². The van der Waals surface area contributed by atoms with Crippen molar-refractivity contribution in [3.05, 3.63) is 40.5 Å². The van der Waals surface area contributed by atoms with E-state index in [4.69, 9.17) is 9.47 Å². The first-order valence-electron chi connectivity index (χ1n) is 7.24. The second kappa shape index (κ2) is 7.50. The quantitative estimate of drug-likeness (QED) is 0.767. The highest BCUT2D eigenvalue weighted by Gasteiger charge is 2.39. The Morgan fingerprint density at radius 3 is 2.78 bits per heavy atom. The molecular weight excluding hydrogens is 364 g/mol. The summed E-state index contributed by atoms with van der Waals surface area (Å²) in [6, 6.07) is 4.43. The smallest absolute Gasteiger partial charge is 0.319 e. The van der Waals surface area contributed by atoms with Gasteiger partial charge in [-0.3, -0.25) is 4.79 Å². The van der Waals surface area contributed by atoms with Crippen molar-refractivity contribution in [1.82, 2.24) is 10.6 Å². The Labute approximate surface area is 143 Å². The fraction of sp³-hybridized carbons (Fsp3) is 0.375. The van der Waals surface area contributed by atoms with Crippen LogP contribution in [-0.2, 0) is 9.53 Å². The average molecular weight is 383 g/mol. The van der Waals surface area contributed by atoms with Crippen LogP contribution in [-0.4, -0.2) is 25.7 Å². The number of halogens is 1. The van der Waals surface area contributed by atoms with E-state index in [9.17, 15) is 9.59 Å². The van der Waals surface area contributed by atoms with Crippen LogP contribution < -0.4 is 15.4 Å². The molecule has 0 saturated carbocycles. The standard InChI is InChI=1S/C16H19BrN2O4/c1-4-7-23-15(20)13-9(2)18-16(21)19-14(13)10-5-6-12(22-3)11(17)8-10/h5-6,8,13-14H,2,4,7H2,1,3H3,(H2,18,19,21)/t13-,14+/m1/s1. The first-order valence-corrected chi connectivity index (χ1v) is 8.03. The van der Waals surface area contributed by atoms with Gasteiger partial charge in [0.1, 0.15) is 11.7 Å². The molecule has 0 radical (unpaired) electrons. The SMILES string of the molecule is C=C1NC(=O)N[C@@H](c2ccc(OC)c(Br)c2)[C@@H]1C(=O)OCCC. The van der Waals surface area contributed by atoms with Crippen LogP contribution in [0.4, 0.5) is 4.79 Å². The minimum atomic E-state index is -0.695. The summed E-state index contributed by atoms with van der Waals surface area (Å²) in [4.78, 5) is 24.1. The highest BCUT2D eigenvalue weighted by molar-refractivity contribution is 9.10. The number of hydrogen-bond donors (Lipinski definition) is 2. The van der Waals surface area contributed by atoms with E-state index in [0.717, 1.165) is 16.5 Å². The molecular formula is C16H19BrN2O4. The maximum absolute atomic E-state index is 12.4. The maximum atomic E-state index is 12.4. The van der Waals surface area contributed by atoms with Crippen molar-refractivity contribution in [2.24, 2.45) is 5.92 Å². The summed E-state index contributed by atoms with van der Waals surface area (Å²) in [5.74, 6) is -0.446. The molecule has 0 aromatic heterocycles. The van der Waals surface area contributed by atoms with E-state index in [1.165, 1.54) is 0 Å². The van der Waals surface area contributed by atoms with Crippen molar-refractivity contribution >= 4 is 27.9 Å². The summed E-state index contributed by atoms with van der Waals surface area (Å²) in [7, 11) is 1.57. The van der Waals surface area contributed by atoms with Crippen LogP contribution in [0.1, 0.15) is 24.9 Å². The van der Waals surface area contributed by atoms with Gasteiger partial charge in [-0.05, 0) is 40.0 Å². The number of rotatable bonds is 5. The lowest BCUT2D eigenvalue weighted by molar-refractivity contribution is -0.148. The third kappa shape index (κ3) is 3.85. The van der Waals surface area contributed by atoms with Crippen LogP contribution in [0.3, 0.4) is 0 Å². The third-order valence-electron chi connectivity index (χ3n) is 3.51. The van der Waals surface area contributed by atoms with Crippen molar-refractivity contribution in [2.45, 2.75) is 19.4 Å². The molecule has 2 amide bonds. The van der Waals surface area contributed by atoms with Gasteiger partial charge in [0, 0.05) is 5.70 Å². The molecule has 7 heteroatoms. The average Bonchev–Trinajstić information content (AvgIpc) is 2.51. The molecule has 1 saturated heterocycles. The summed E-state index contributed by atoms with van der Waals surface area (Å²) in [6.45, 7) is 6.04. The van der Waals surface area contributed by atoms with Crippen LogP contribution in [0, 0.1) is 5.92 Å². The molecule has 6 nitrogen and oxygen atoms in total. The van der Waals surface area contributed by atoms with Gasteiger partial charge in [0.2, 0.25) is 0 Å². The number of esters is 1. The van der Waals surface area contributed by atoms with Gasteiger partial charge >= 0.3 is 12.0 Å². The van der Waals surface area contributed by atoms with Crippen LogP contribution in [0.25, 0.3) is 0 Å². The molecule has 2 atom stereocenters. The molecule has 0 unspecified atom stereocenters. The van der Waals surface area contributed by atoms with Gasteiger partial charge in [-0.15, -0.1) is 0 Å². The first kappa shape index (κ1) is 17.3. The zero-order valence-electron chi connectivity index (χ0n) is 13.0. The van der Waals surface area contributed by atoms with Crippen molar-refractivity contribution < 1.29 is 19.1 Å². The van der Waals surface area contributed by atoms with E-state index in [-0.39, 0.29) is 0 Å². The number of nitrogens with one attached hydrogen (secondary N) is 2. The third-order valence-corrected chi connectivity index (χ3v) is 4.13. The molecule has 1 aliphatic rings. The van der Waals surface area contributed by atoms with Crippen molar-refractivity contribution in [1.29, 1.82) is 0 Å². The van der Waals surface area contributed by atoms with E-state index >= 15 is 0 Å². The largest absolute Gasteiger partial charge is 0.496 e. The molecule has 1 aliphatic heterocycles. The van der Waals surface area contributed by atoms with Crippen LogP contribution >= 0.6 is 15.9 Å². The number of carbonyl (C=O) groups is 2. The maximum Gasteiger partial charge on any atom is 0.319 e. The predicted octanol–water partition coefficient (Wildman–Crippen LogP) is 2.89. The molecule has 0 aliphatic carbocycles. The molecule has 1 aromatic rings. The van der Waals surface area contributed by atoms with Gasteiger partial charge < -0.3 is 20.1 Å². The summed E-state index contributed by atoms with van der Waals surface area (Å²) >= 11 is 3.41. The molecule has 0 bridgehead atoms. The predicted molar refractivity (Wildman–Crippen MR) is 89.0 cm³/mol. The van der Waals surface area contributed by atoms with Gasteiger partial charge in [0.05, 0.1) is 24.2 Å². The van der Waals surface area contributed by atoms with E-state index in [1.54, 1.807) is 19.2 Å². The lowest BCUT2D eigenvalue weighted by Crippen LogP contribution is -2.51.